The van der Waals surface area contributed by atoms with Crippen molar-refractivity contribution < 1.29 is 14.3 Å². The van der Waals surface area contributed by atoms with Crippen LogP contribution in [0.3, 0.4) is 0 Å². The zero-order valence-corrected chi connectivity index (χ0v) is 10.0. The molecule has 0 saturated heterocycles. The van der Waals surface area contributed by atoms with Crippen LogP contribution in [0.2, 0.25) is 0 Å². The number of anilines is 1. The van der Waals surface area contributed by atoms with Gasteiger partial charge in [0.25, 0.3) is 5.78 Å². The quantitative estimate of drug-likeness (QED) is 0.392. The number of esters is 1. The lowest BCUT2D eigenvalue weighted by Crippen LogP contribution is -2.17. The van der Waals surface area contributed by atoms with Crippen LogP contribution in [0.5, 0.6) is 0 Å². The van der Waals surface area contributed by atoms with Crippen LogP contribution < -0.4 is 5.73 Å². The first-order valence-corrected chi connectivity index (χ1v) is 5.99. The lowest BCUT2D eigenvalue weighted by Gasteiger charge is -2.00. The van der Waals surface area contributed by atoms with E-state index in [9.17, 15) is 9.59 Å². The van der Waals surface area contributed by atoms with Gasteiger partial charge >= 0.3 is 5.97 Å². The number of ketones is 1. The van der Waals surface area contributed by atoms with E-state index >= 15 is 0 Å². The van der Waals surface area contributed by atoms with Gasteiger partial charge in [-0.25, -0.2) is 4.79 Å². The maximum absolute atomic E-state index is 11.8. The summed E-state index contributed by atoms with van der Waals surface area (Å²) < 4.78 is 5.61. The fraction of sp³-hybridized carbons (Fsp3) is 0.167. The number of hydrogen-bond donors (Lipinski definition) is 1. The Morgan fingerprint density at radius 2 is 2.18 bits per heavy atom. The number of thiophene rings is 1. The third-order valence-electron chi connectivity index (χ3n) is 2.30. The van der Waals surface area contributed by atoms with Crippen LogP contribution in [0.4, 0.5) is 5.69 Å². The Kier molecular flexibility index (Phi) is 3.10. The van der Waals surface area contributed by atoms with Gasteiger partial charge in [0.05, 0.1) is 6.61 Å². The summed E-state index contributed by atoms with van der Waals surface area (Å²) >= 11 is 1.40. The first kappa shape index (κ1) is 11.6. The molecule has 1 heterocycles. The number of fused-ring (bicyclic) bond motifs is 1. The fourth-order valence-corrected chi connectivity index (χ4v) is 2.45. The predicted molar refractivity (Wildman–Crippen MR) is 67.2 cm³/mol. The Labute approximate surface area is 102 Å². The molecule has 1 aromatic heterocycles. The molecule has 0 bridgehead atoms. The van der Waals surface area contributed by atoms with Gasteiger partial charge in [0.15, 0.2) is 0 Å². The highest BCUT2D eigenvalue weighted by molar-refractivity contribution is 7.17. The first-order chi connectivity index (χ1) is 8.13. The molecule has 1 aromatic carbocycles. The molecule has 0 radical (unpaired) electrons. The van der Waals surface area contributed by atoms with Crippen LogP contribution >= 0.6 is 11.3 Å². The minimum atomic E-state index is -0.824. The molecular formula is C12H11NO3S. The van der Waals surface area contributed by atoms with Gasteiger partial charge < -0.3 is 10.5 Å². The lowest BCUT2D eigenvalue weighted by molar-refractivity contribution is -0.137. The van der Waals surface area contributed by atoms with Crippen molar-refractivity contribution in [2.24, 2.45) is 0 Å². The summed E-state index contributed by atoms with van der Waals surface area (Å²) in [4.78, 5) is 23.2. The second-order valence-corrected chi connectivity index (χ2v) is 4.37. The number of hydrogen-bond acceptors (Lipinski definition) is 5. The van der Waals surface area contributed by atoms with E-state index in [2.05, 4.69) is 0 Å². The smallest absolute Gasteiger partial charge is 0.379 e. The van der Waals surface area contributed by atoms with Crippen LogP contribution in [0.1, 0.15) is 17.3 Å². The Morgan fingerprint density at radius 3 is 2.88 bits per heavy atom. The second-order valence-electron chi connectivity index (χ2n) is 3.45. The average molecular weight is 249 g/mol. The maximum atomic E-state index is 11.8. The van der Waals surface area contributed by atoms with Crippen molar-refractivity contribution in [3.63, 3.8) is 0 Å². The summed E-state index contributed by atoms with van der Waals surface area (Å²) in [5, 5.41) is 2.36. The van der Waals surface area contributed by atoms with E-state index in [-0.39, 0.29) is 6.61 Å². The summed E-state index contributed by atoms with van der Waals surface area (Å²) in [5.41, 5.74) is 6.58. The lowest BCUT2D eigenvalue weighted by atomic mass is 10.1. The Hall–Kier alpha value is -1.88. The summed E-state index contributed by atoms with van der Waals surface area (Å²) in [6.45, 7) is 1.85. The molecule has 88 valence electrons. The number of benzene rings is 1. The molecule has 0 aliphatic rings. The van der Waals surface area contributed by atoms with E-state index in [0.29, 0.717) is 16.6 Å². The van der Waals surface area contributed by atoms with Crippen molar-refractivity contribution in [3.05, 3.63) is 29.1 Å². The number of ether oxygens (including phenoxy) is 1. The molecular weight excluding hydrogens is 238 g/mol. The van der Waals surface area contributed by atoms with E-state index < -0.39 is 11.8 Å². The number of nitrogens with two attached hydrogens (primary N) is 1. The molecule has 0 aliphatic heterocycles. The number of Topliss-reactive ketones (excluding diaryl/α,β-unsaturated/α-hetero) is 1. The SMILES string of the molecule is CCOC(=O)C(=O)c1csc2ccc(N)cc12. The van der Waals surface area contributed by atoms with Gasteiger partial charge in [-0.05, 0) is 25.1 Å². The van der Waals surface area contributed by atoms with E-state index in [1.54, 1.807) is 24.4 Å². The highest BCUT2D eigenvalue weighted by Crippen LogP contribution is 2.28. The topological polar surface area (TPSA) is 69.4 Å². The number of carbonyl (C=O) groups is 2. The Morgan fingerprint density at radius 1 is 1.41 bits per heavy atom. The zero-order chi connectivity index (χ0) is 12.4. The van der Waals surface area contributed by atoms with Crippen LogP contribution in [0.25, 0.3) is 10.1 Å². The molecule has 0 aliphatic carbocycles. The predicted octanol–water partition coefficient (Wildman–Crippen LogP) is 2.23. The normalized spacial score (nSPS) is 10.4. The molecule has 0 fully saturated rings. The van der Waals surface area contributed by atoms with Gasteiger partial charge in [-0.15, -0.1) is 11.3 Å². The van der Waals surface area contributed by atoms with Crippen molar-refractivity contribution in [3.8, 4) is 0 Å². The number of nitrogen functional groups attached to an aromatic ring is 1. The van der Waals surface area contributed by atoms with Crippen LogP contribution in [-0.4, -0.2) is 18.4 Å². The summed E-state index contributed by atoms with van der Waals surface area (Å²) in [5.74, 6) is -1.45. The van der Waals surface area contributed by atoms with E-state index in [1.807, 2.05) is 6.07 Å². The third kappa shape index (κ3) is 2.14. The van der Waals surface area contributed by atoms with Crippen LogP contribution in [0.15, 0.2) is 23.6 Å². The van der Waals surface area contributed by atoms with Gasteiger partial charge in [0, 0.05) is 26.7 Å². The highest BCUT2D eigenvalue weighted by atomic mass is 32.1. The molecule has 17 heavy (non-hydrogen) atoms. The first-order valence-electron chi connectivity index (χ1n) is 5.11. The van der Waals surface area contributed by atoms with Crippen LogP contribution in [0, 0.1) is 0 Å². The molecule has 0 unspecified atom stereocenters. The Bertz CT molecular complexity index is 588. The van der Waals surface area contributed by atoms with Crippen molar-refractivity contribution in [1.29, 1.82) is 0 Å². The zero-order valence-electron chi connectivity index (χ0n) is 9.23. The molecule has 2 aromatic rings. The number of rotatable bonds is 3. The van der Waals surface area contributed by atoms with E-state index in [1.165, 1.54) is 11.3 Å². The van der Waals surface area contributed by atoms with E-state index in [0.717, 1.165) is 4.70 Å². The standard InChI is InChI=1S/C12H11NO3S/c1-2-16-12(15)11(14)9-6-17-10-4-3-7(13)5-8(9)10/h3-6H,2,13H2,1H3. The largest absolute Gasteiger partial charge is 0.460 e. The molecule has 2 N–H and O–H groups in total. The van der Waals surface area contributed by atoms with Crippen LogP contribution in [-0.2, 0) is 9.53 Å². The monoisotopic (exact) mass is 249 g/mol. The molecule has 0 saturated carbocycles. The van der Waals surface area contributed by atoms with Crippen molar-refractivity contribution in [2.45, 2.75) is 6.92 Å². The summed E-state index contributed by atoms with van der Waals surface area (Å²) in [6.07, 6.45) is 0. The number of carbonyl (C=O) groups excluding carboxylic acids is 2. The van der Waals surface area contributed by atoms with Crippen molar-refractivity contribution >= 4 is 38.9 Å². The Balaban J connectivity index is 2.45. The van der Waals surface area contributed by atoms with Gasteiger partial charge in [-0.1, -0.05) is 0 Å². The third-order valence-corrected chi connectivity index (χ3v) is 3.27. The van der Waals surface area contributed by atoms with Gasteiger partial charge in [0.1, 0.15) is 0 Å². The van der Waals surface area contributed by atoms with E-state index in [4.69, 9.17) is 10.5 Å². The maximum Gasteiger partial charge on any atom is 0.379 e. The molecule has 2 rings (SSSR count). The van der Waals surface area contributed by atoms with Crippen molar-refractivity contribution in [2.75, 3.05) is 12.3 Å². The highest BCUT2D eigenvalue weighted by Gasteiger charge is 2.21. The van der Waals surface area contributed by atoms with Crippen molar-refractivity contribution in [1.82, 2.24) is 0 Å². The minimum absolute atomic E-state index is 0.189. The van der Waals surface area contributed by atoms with Gasteiger partial charge in [0.2, 0.25) is 0 Å². The second kappa shape index (κ2) is 4.55. The minimum Gasteiger partial charge on any atom is -0.460 e. The molecule has 0 spiro atoms. The molecule has 0 amide bonds. The summed E-state index contributed by atoms with van der Waals surface area (Å²) in [7, 11) is 0. The molecule has 4 nitrogen and oxygen atoms in total. The summed E-state index contributed by atoms with van der Waals surface area (Å²) in [6, 6.07) is 5.28. The average Bonchev–Trinajstić information content (AvgIpc) is 2.71. The fourth-order valence-electron chi connectivity index (χ4n) is 1.53. The molecule has 5 heteroatoms. The van der Waals surface area contributed by atoms with Gasteiger partial charge in [-0.2, -0.15) is 0 Å². The molecule has 0 atom stereocenters. The van der Waals surface area contributed by atoms with Gasteiger partial charge in [-0.3, -0.25) is 4.79 Å².